The fourth-order valence-corrected chi connectivity index (χ4v) is 4.49. The molecule has 5 heteroatoms. The van der Waals surface area contributed by atoms with Gasteiger partial charge in [-0.15, -0.1) is 11.8 Å². The number of hydrogen-bond acceptors (Lipinski definition) is 3. The number of carbonyl (C=O) groups is 2. The van der Waals surface area contributed by atoms with E-state index in [2.05, 4.69) is 28.8 Å². The predicted octanol–water partition coefficient (Wildman–Crippen LogP) is 3.81. The lowest BCUT2D eigenvalue weighted by Gasteiger charge is -2.23. The summed E-state index contributed by atoms with van der Waals surface area (Å²) in [6.07, 6.45) is 9.11. The van der Waals surface area contributed by atoms with E-state index in [4.69, 9.17) is 0 Å². The molecule has 0 radical (unpaired) electrons. The van der Waals surface area contributed by atoms with Gasteiger partial charge in [-0.2, -0.15) is 0 Å². The van der Waals surface area contributed by atoms with E-state index in [0.29, 0.717) is 0 Å². The lowest BCUT2D eigenvalue weighted by atomic mass is 9.96. The number of benzene rings is 1. The summed E-state index contributed by atoms with van der Waals surface area (Å²) in [6.45, 7) is 1.85. The molecular weight excluding hydrogens is 320 g/mol. The SMILES string of the molecule is C[C@H](Sc1ccc2c(c1)CCC2)C(=O)NC(=O)NC1CCCCC1. The van der Waals surface area contributed by atoms with Crippen molar-refractivity contribution in [2.75, 3.05) is 0 Å². The molecule has 0 bridgehead atoms. The fraction of sp³-hybridized carbons (Fsp3) is 0.579. The fourth-order valence-electron chi connectivity index (χ4n) is 3.56. The molecule has 1 atom stereocenters. The maximum absolute atomic E-state index is 12.2. The summed E-state index contributed by atoms with van der Waals surface area (Å²) in [5.74, 6) is -0.228. The molecule has 1 fully saturated rings. The van der Waals surface area contributed by atoms with Crippen molar-refractivity contribution >= 4 is 23.7 Å². The van der Waals surface area contributed by atoms with E-state index in [1.165, 1.54) is 35.7 Å². The number of hydrogen-bond donors (Lipinski definition) is 2. The Labute approximate surface area is 148 Å². The highest BCUT2D eigenvalue weighted by atomic mass is 32.2. The number of rotatable bonds is 4. The summed E-state index contributed by atoms with van der Waals surface area (Å²) in [5.41, 5.74) is 2.84. The number of carbonyl (C=O) groups excluding carboxylic acids is 2. The number of fused-ring (bicyclic) bond motifs is 1. The molecule has 0 aromatic heterocycles. The third-order valence-electron chi connectivity index (χ3n) is 4.93. The number of nitrogens with one attached hydrogen (secondary N) is 2. The third kappa shape index (κ3) is 4.53. The second-order valence-corrected chi connectivity index (χ2v) is 8.26. The minimum absolute atomic E-state index is 0.214. The number of imide groups is 1. The van der Waals surface area contributed by atoms with Crippen LogP contribution >= 0.6 is 11.8 Å². The molecule has 0 saturated heterocycles. The summed E-state index contributed by atoms with van der Waals surface area (Å²) >= 11 is 1.51. The maximum atomic E-state index is 12.2. The van der Waals surface area contributed by atoms with Crippen LogP contribution < -0.4 is 10.6 Å². The minimum atomic E-state index is -0.353. The van der Waals surface area contributed by atoms with Gasteiger partial charge in [-0.25, -0.2) is 4.79 Å². The molecule has 0 spiro atoms. The smallest absolute Gasteiger partial charge is 0.321 e. The molecule has 4 nitrogen and oxygen atoms in total. The molecule has 0 aliphatic heterocycles. The van der Waals surface area contributed by atoms with Crippen LogP contribution in [0, 0.1) is 0 Å². The Morgan fingerprint density at radius 1 is 1.08 bits per heavy atom. The van der Waals surface area contributed by atoms with Crippen LogP contribution in [0.2, 0.25) is 0 Å². The topological polar surface area (TPSA) is 58.2 Å². The van der Waals surface area contributed by atoms with Gasteiger partial charge in [0.15, 0.2) is 0 Å². The van der Waals surface area contributed by atoms with E-state index in [1.807, 2.05) is 6.92 Å². The van der Waals surface area contributed by atoms with Crippen LogP contribution in [0.15, 0.2) is 23.1 Å². The Morgan fingerprint density at radius 2 is 1.83 bits per heavy atom. The highest BCUT2D eigenvalue weighted by molar-refractivity contribution is 8.00. The zero-order chi connectivity index (χ0) is 16.9. The van der Waals surface area contributed by atoms with Crippen molar-refractivity contribution in [2.24, 2.45) is 0 Å². The van der Waals surface area contributed by atoms with Crippen LogP contribution in [0.1, 0.15) is 56.6 Å². The van der Waals surface area contributed by atoms with Crippen molar-refractivity contribution in [1.82, 2.24) is 10.6 Å². The van der Waals surface area contributed by atoms with Gasteiger partial charge in [0.1, 0.15) is 0 Å². The molecule has 1 saturated carbocycles. The summed E-state index contributed by atoms with van der Waals surface area (Å²) in [6, 6.07) is 6.31. The van der Waals surface area contributed by atoms with Gasteiger partial charge in [-0.1, -0.05) is 25.3 Å². The van der Waals surface area contributed by atoms with Crippen molar-refractivity contribution in [2.45, 2.75) is 74.5 Å². The molecule has 130 valence electrons. The summed E-state index contributed by atoms with van der Waals surface area (Å²) in [4.78, 5) is 25.3. The maximum Gasteiger partial charge on any atom is 0.321 e. The van der Waals surface area contributed by atoms with Crippen molar-refractivity contribution in [3.8, 4) is 0 Å². The number of amides is 3. The van der Waals surface area contributed by atoms with E-state index in [9.17, 15) is 9.59 Å². The van der Waals surface area contributed by atoms with Crippen LogP contribution in [-0.2, 0) is 17.6 Å². The minimum Gasteiger partial charge on any atom is -0.335 e. The largest absolute Gasteiger partial charge is 0.335 e. The average molecular weight is 346 g/mol. The van der Waals surface area contributed by atoms with Gasteiger partial charge < -0.3 is 5.32 Å². The molecule has 0 unspecified atom stereocenters. The van der Waals surface area contributed by atoms with Crippen molar-refractivity contribution < 1.29 is 9.59 Å². The van der Waals surface area contributed by atoms with E-state index >= 15 is 0 Å². The van der Waals surface area contributed by atoms with Gasteiger partial charge in [-0.3, -0.25) is 10.1 Å². The van der Waals surface area contributed by atoms with Crippen LogP contribution in [0.3, 0.4) is 0 Å². The Bertz CT molecular complexity index is 611. The molecule has 24 heavy (non-hydrogen) atoms. The Kier molecular flexibility index (Phi) is 5.82. The molecule has 2 N–H and O–H groups in total. The third-order valence-corrected chi connectivity index (χ3v) is 6.02. The summed E-state index contributed by atoms with van der Waals surface area (Å²) in [5, 5.41) is 5.12. The number of thioether (sulfide) groups is 1. The lowest BCUT2D eigenvalue weighted by Crippen LogP contribution is -2.47. The molecule has 2 aliphatic carbocycles. The van der Waals surface area contributed by atoms with Crippen LogP contribution in [0.4, 0.5) is 4.79 Å². The van der Waals surface area contributed by atoms with Gasteiger partial charge in [0.05, 0.1) is 5.25 Å². The molecule has 3 rings (SSSR count). The number of urea groups is 1. The van der Waals surface area contributed by atoms with Crippen LogP contribution in [-0.4, -0.2) is 23.2 Å². The second kappa shape index (κ2) is 8.06. The summed E-state index contributed by atoms with van der Waals surface area (Å²) < 4.78 is 0. The highest BCUT2D eigenvalue weighted by Crippen LogP contribution is 2.29. The molecule has 1 aromatic carbocycles. The van der Waals surface area contributed by atoms with E-state index < -0.39 is 0 Å². The van der Waals surface area contributed by atoms with E-state index in [-0.39, 0.29) is 23.2 Å². The van der Waals surface area contributed by atoms with Gasteiger partial charge >= 0.3 is 6.03 Å². The van der Waals surface area contributed by atoms with Gasteiger partial charge in [0, 0.05) is 10.9 Å². The first kappa shape index (κ1) is 17.3. The first-order chi connectivity index (χ1) is 11.6. The van der Waals surface area contributed by atoms with Crippen molar-refractivity contribution in [1.29, 1.82) is 0 Å². The van der Waals surface area contributed by atoms with E-state index in [1.54, 1.807) is 0 Å². The average Bonchev–Trinajstić information content (AvgIpc) is 3.03. The Hall–Kier alpha value is -1.49. The zero-order valence-electron chi connectivity index (χ0n) is 14.3. The molecule has 0 heterocycles. The first-order valence-electron chi connectivity index (χ1n) is 9.01. The Morgan fingerprint density at radius 3 is 2.62 bits per heavy atom. The molecule has 2 aliphatic rings. The normalized spacial score (nSPS) is 18.7. The van der Waals surface area contributed by atoms with Gasteiger partial charge in [0.25, 0.3) is 0 Å². The second-order valence-electron chi connectivity index (χ2n) is 6.84. The van der Waals surface area contributed by atoms with Gasteiger partial charge in [-0.05, 0) is 62.3 Å². The van der Waals surface area contributed by atoms with Crippen LogP contribution in [0.25, 0.3) is 0 Å². The first-order valence-corrected chi connectivity index (χ1v) is 9.89. The predicted molar refractivity (Wildman–Crippen MR) is 97.3 cm³/mol. The highest BCUT2D eigenvalue weighted by Gasteiger charge is 2.21. The zero-order valence-corrected chi connectivity index (χ0v) is 15.1. The lowest BCUT2D eigenvalue weighted by molar-refractivity contribution is -0.119. The Balaban J connectivity index is 1.48. The monoisotopic (exact) mass is 346 g/mol. The summed E-state index contributed by atoms with van der Waals surface area (Å²) in [7, 11) is 0. The molecule has 1 aromatic rings. The molecular formula is C19H26N2O2S. The standard InChI is InChI=1S/C19H26N2O2S/c1-13(24-17-11-10-14-6-5-7-15(14)12-17)18(22)21-19(23)20-16-8-3-2-4-9-16/h10-13,16H,2-9H2,1H3,(H2,20,21,22,23)/t13-/m0/s1. The quantitative estimate of drug-likeness (QED) is 0.815. The van der Waals surface area contributed by atoms with Crippen molar-refractivity contribution in [3.05, 3.63) is 29.3 Å². The van der Waals surface area contributed by atoms with Crippen molar-refractivity contribution in [3.63, 3.8) is 0 Å². The van der Waals surface area contributed by atoms with E-state index in [0.717, 1.165) is 43.4 Å². The number of aryl methyl sites for hydroxylation is 2. The van der Waals surface area contributed by atoms with Crippen LogP contribution in [0.5, 0.6) is 0 Å². The van der Waals surface area contributed by atoms with Gasteiger partial charge in [0.2, 0.25) is 5.91 Å². The molecule has 3 amide bonds.